The highest BCUT2D eigenvalue weighted by molar-refractivity contribution is 8.18. The van der Waals surface area contributed by atoms with Crippen LogP contribution in [-0.2, 0) is 17.9 Å². The molecule has 0 saturated carbocycles. The lowest BCUT2D eigenvalue weighted by Gasteiger charge is -2.14. The van der Waals surface area contributed by atoms with E-state index < -0.39 is 0 Å². The summed E-state index contributed by atoms with van der Waals surface area (Å²) in [4.78, 5) is 26.8. The fourth-order valence-corrected chi connectivity index (χ4v) is 4.42. The van der Waals surface area contributed by atoms with Gasteiger partial charge in [0.05, 0.1) is 11.4 Å². The van der Waals surface area contributed by atoms with E-state index in [0.29, 0.717) is 32.9 Å². The Morgan fingerprint density at radius 1 is 0.903 bits per heavy atom. The molecule has 156 valence electrons. The largest absolute Gasteiger partial charge is 0.489 e. The van der Waals surface area contributed by atoms with E-state index in [-0.39, 0.29) is 17.7 Å². The fraction of sp³-hybridized carbons (Fsp3) is 0.0833. The van der Waals surface area contributed by atoms with Crippen LogP contribution in [0.15, 0.2) is 77.7 Å². The van der Waals surface area contributed by atoms with Crippen molar-refractivity contribution >= 4 is 52.2 Å². The number of halogens is 2. The second-order valence-electron chi connectivity index (χ2n) is 6.81. The van der Waals surface area contributed by atoms with Crippen LogP contribution >= 0.6 is 35.0 Å². The second-order valence-corrected chi connectivity index (χ2v) is 8.62. The standard InChI is InChI=1S/C24H17Cl2NO3S/c25-20-10-5-11-21(26)19(20)14-27-23(28)22(31-24(27)29)13-17-8-4-9-18(12-17)30-15-16-6-2-1-3-7-16/h1-13H,14-15H2/b22-13+. The van der Waals surface area contributed by atoms with Gasteiger partial charge in [0.25, 0.3) is 11.1 Å². The third kappa shape index (κ3) is 5.13. The molecule has 4 nitrogen and oxygen atoms in total. The van der Waals surface area contributed by atoms with Crippen molar-refractivity contribution in [1.29, 1.82) is 0 Å². The van der Waals surface area contributed by atoms with Gasteiger partial charge in [-0.15, -0.1) is 0 Å². The van der Waals surface area contributed by atoms with Gasteiger partial charge in [0.1, 0.15) is 12.4 Å². The first-order valence-corrected chi connectivity index (χ1v) is 11.0. The van der Waals surface area contributed by atoms with Crippen molar-refractivity contribution in [3.8, 4) is 5.75 Å². The van der Waals surface area contributed by atoms with Gasteiger partial charge in [0.15, 0.2) is 0 Å². The molecule has 0 bridgehead atoms. The van der Waals surface area contributed by atoms with Gasteiger partial charge in [-0.25, -0.2) is 0 Å². The van der Waals surface area contributed by atoms with Crippen LogP contribution in [0, 0.1) is 0 Å². The minimum atomic E-state index is -0.374. The molecule has 7 heteroatoms. The van der Waals surface area contributed by atoms with Crippen LogP contribution in [0.2, 0.25) is 10.0 Å². The number of amides is 2. The van der Waals surface area contributed by atoms with Crippen molar-refractivity contribution in [2.75, 3.05) is 0 Å². The smallest absolute Gasteiger partial charge is 0.293 e. The van der Waals surface area contributed by atoms with E-state index >= 15 is 0 Å². The molecular formula is C24H17Cl2NO3S. The number of carbonyl (C=O) groups excluding carboxylic acids is 2. The van der Waals surface area contributed by atoms with E-state index in [1.165, 1.54) is 0 Å². The molecule has 2 amide bonds. The van der Waals surface area contributed by atoms with E-state index in [2.05, 4.69) is 0 Å². The summed E-state index contributed by atoms with van der Waals surface area (Å²) in [5.41, 5.74) is 2.38. The van der Waals surface area contributed by atoms with Gasteiger partial charge in [-0.1, -0.05) is 71.7 Å². The zero-order chi connectivity index (χ0) is 21.8. The normalized spacial score (nSPS) is 15.0. The molecule has 3 aromatic rings. The molecule has 31 heavy (non-hydrogen) atoms. The van der Waals surface area contributed by atoms with Crippen molar-refractivity contribution in [2.45, 2.75) is 13.2 Å². The minimum absolute atomic E-state index is 0.0285. The molecule has 1 heterocycles. The summed E-state index contributed by atoms with van der Waals surface area (Å²) >= 11 is 13.3. The van der Waals surface area contributed by atoms with Gasteiger partial charge in [-0.3, -0.25) is 14.5 Å². The average molecular weight is 470 g/mol. The Labute approximate surface area is 194 Å². The highest BCUT2D eigenvalue weighted by atomic mass is 35.5. The predicted octanol–water partition coefficient (Wildman–Crippen LogP) is 6.81. The monoisotopic (exact) mass is 469 g/mol. The summed E-state index contributed by atoms with van der Waals surface area (Å²) < 4.78 is 5.84. The van der Waals surface area contributed by atoms with E-state index in [1.807, 2.05) is 54.6 Å². The molecule has 0 aliphatic carbocycles. The Balaban J connectivity index is 1.49. The summed E-state index contributed by atoms with van der Waals surface area (Å²) in [6.45, 7) is 0.472. The van der Waals surface area contributed by atoms with Gasteiger partial charge in [0.2, 0.25) is 0 Å². The number of benzene rings is 3. The van der Waals surface area contributed by atoms with Crippen LogP contribution in [0.4, 0.5) is 4.79 Å². The molecule has 0 aromatic heterocycles. The summed E-state index contributed by atoms with van der Waals surface area (Å²) in [5, 5.41) is 0.473. The zero-order valence-electron chi connectivity index (χ0n) is 16.3. The maximum atomic E-state index is 12.8. The van der Waals surface area contributed by atoms with Crippen molar-refractivity contribution in [1.82, 2.24) is 4.90 Å². The van der Waals surface area contributed by atoms with Crippen molar-refractivity contribution in [3.05, 3.63) is 104 Å². The van der Waals surface area contributed by atoms with Gasteiger partial charge in [0, 0.05) is 15.6 Å². The number of imide groups is 1. The van der Waals surface area contributed by atoms with Crippen molar-refractivity contribution in [2.24, 2.45) is 0 Å². The number of hydrogen-bond donors (Lipinski definition) is 0. The fourth-order valence-electron chi connectivity index (χ4n) is 3.06. The van der Waals surface area contributed by atoms with Crippen molar-refractivity contribution < 1.29 is 14.3 Å². The van der Waals surface area contributed by atoms with Crippen LogP contribution < -0.4 is 4.74 Å². The van der Waals surface area contributed by atoms with Crippen LogP contribution in [0.3, 0.4) is 0 Å². The first-order chi connectivity index (χ1) is 15.0. The molecule has 4 rings (SSSR count). The number of thioether (sulfide) groups is 1. The molecule has 1 fully saturated rings. The summed E-state index contributed by atoms with van der Waals surface area (Å²) in [7, 11) is 0. The molecule has 1 aliphatic rings. The van der Waals surface area contributed by atoms with E-state index in [9.17, 15) is 9.59 Å². The number of hydrogen-bond acceptors (Lipinski definition) is 4. The van der Waals surface area contributed by atoms with Gasteiger partial charge < -0.3 is 4.74 Å². The highest BCUT2D eigenvalue weighted by Crippen LogP contribution is 2.35. The molecule has 1 aliphatic heterocycles. The number of rotatable bonds is 6. The molecule has 0 unspecified atom stereocenters. The van der Waals surface area contributed by atoms with E-state index in [1.54, 1.807) is 24.3 Å². The quantitative estimate of drug-likeness (QED) is 0.372. The Morgan fingerprint density at radius 3 is 2.35 bits per heavy atom. The SMILES string of the molecule is O=C1S/C(=C/c2cccc(OCc3ccccc3)c2)C(=O)N1Cc1c(Cl)cccc1Cl. The molecular weight excluding hydrogens is 453 g/mol. The molecule has 0 radical (unpaired) electrons. The summed E-state index contributed by atoms with van der Waals surface area (Å²) in [5.74, 6) is 0.307. The molecule has 0 spiro atoms. The number of ether oxygens (including phenoxy) is 1. The van der Waals surface area contributed by atoms with E-state index in [4.69, 9.17) is 27.9 Å². The molecule has 0 atom stereocenters. The lowest BCUT2D eigenvalue weighted by atomic mass is 10.2. The van der Waals surface area contributed by atoms with Gasteiger partial charge >= 0.3 is 0 Å². The maximum absolute atomic E-state index is 12.8. The lowest BCUT2D eigenvalue weighted by molar-refractivity contribution is -0.123. The highest BCUT2D eigenvalue weighted by Gasteiger charge is 2.35. The van der Waals surface area contributed by atoms with Crippen LogP contribution in [-0.4, -0.2) is 16.0 Å². The van der Waals surface area contributed by atoms with Crippen LogP contribution in [0.5, 0.6) is 5.75 Å². The Morgan fingerprint density at radius 2 is 1.61 bits per heavy atom. The van der Waals surface area contributed by atoms with Gasteiger partial charge in [-0.2, -0.15) is 0 Å². The van der Waals surface area contributed by atoms with Crippen LogP contribution in [0.25, 0.3) is 6.08 Å². The average Bonchev–Trinajstić information content (AvgIpc) is 3.03. The summed E-state index contributed by atoms with van der Waals surface area (Å²) in [6.07, 6.45) is 1.69. The summed E-state index contributed by atoms with van der Waals surface area (Å²) in [6, 6.07) is 22.3. The predicted molar refractivity (Wildman–Crippen MR) is 125 cm³/mol. The maximum Gasteiger partial charge on any atom is 0.293 e. The van der Waals surface area contributed by atoms with Crippen LogP contribution in [0.1, 0.15) is 16.7 Å². The Hall–Kier alpha value is -2.73. The second kappa shape index (κ2) is 9.60. The zero-order valence-corrected chi connectivity index (χ0v) is 18.6. The molecule has 1 saturated heterocycles. The molecule has 3 aromatic carbocycles. The third-order valence-corrected chi connectivity index (χ3v) is 6.27. The topological polar surface area (TPSA) is 46.6 Å². The first-order valence-electron chi connectivity index (χ1n) is 9.46. The third-order valence-electron chi connectivity index (χ3n) is 4.66. The first kappa shape index (κ1) is 21.5. The lowest BCUT2D eigenvalue weighted by Crippen LogP contribution is -2.27. The number of carbonyl (C=O) groups is 2. The van der Waals surface area contributed by atoms with E-state index in [0.717, 1.165) is 27.8 Å². The van der Waals surface area contributed by atoms with Gasteiger partial charge in [-0.05, 0) is 53.2 Å². The molecule has 0 N–H and O–H groups in total. The minimum Gasteiger partial charge on any atom is -0.489 e. The number of nitrogens with zero attached hydrogens (tertiary/aromatic N) is 1. The Bertz CT molecular complexity index is 1140. The van der Waals surface area contributed by atoms with Crippen molar-refractivity contribution in [3.63, 3.8) is 0 Å². The Kier molecular flexibility index (Phi) is 6.66.